The first-order valence-electron chi connectivity index (χ1n) is 6.27. The van der Waals surface area contributed by atoms with Gasteiger partial charge in [0.1, 0.15) is 12.6 Å². The lowest BCUT2D eigenvalue weighted by molar-refractivity contribution is -0.122. The Kier molecular flexibility index (Phi) is 4.83. The molecule has 1 unspecified atom stereocenters. The van der Waals surface area contributed by atoms with Crippen molar-refractivity contribution in [2.24, 2.45) is 0 Å². The average molecular weight is 279 g/mol. The van der Waals surface area contributed by atoms with E-state index in [2.05, 4.69) is 20.6 Å². The standard InChI is InChI=1S/C12H17N5O3/c1-9(12-15-10(16-20-12)4-7-19-2)14-11(18)8-17-6-3-5-13-17/h3,5-6,9H,4,7-8H2,1-2H3,(H,14,18). The fraction of sp³-hybridized carbons (Fsp3) is 0.500. The van der Waals surface area contributed by atoms with E-state index in [1.807, 2.05) is 0 Å². The van der Waals surface area contributed by atoms with Crippen LogP contribution in [-0.4, -0.2) is 39.5 Å². The van der Waals surface area contributed by atoms with Gasteiger partial charge in [0, 0.05) is 25.9 Å². The van der Waals surface area contributed by atoms with Crippen molar-refractivity contribution in [3.05, 3.63) is 30.2 Å². The van der Waals surface area contributed by atoms with Gasteiger partial charge in [0.2, 0.25) is 11.8 Å². The third-order valence-electron chi connectivity index (χ3n) is 2.63. The average Bonchev–Trinajstić information content (AvgIpc) is 3.07. The molecule has 0 fully saturated rings. The molecule has 20 heavy (non-hydrogen) atoms. The SMILES string of the molecule is COCCc1noc(C(C)NC(=O)Cn2cccn2)n1. The van der Waals surface area contributed by atoms with E-state index >= 15 is 0 Å². The fourth-order valence-electron chi connectivity index (χ4n) is 1.63. The molecule has 1 atom stereocenters. The lowest BCUT2D eigenvalue weighted by Crippen LogP contribution is -2.30. The molecule has 0 saturated heterocycles. The van der Waals surface area contributed by atoms with Crippen LogP contribution in [0.3, 0.4) is 0 Å². The van der Waals surface area contributed by atoms with Gasteiger partial charge < -0.3 is 14.6 Å². The van der Waals surface area contributed by atoms with Crippen molar-refractivity contribution in [2.75, 3.05) is 13.7 Å². The predicted octanol–water partition coefficient (Wildman–Crippen LogP) is 0.332. The molecule has 2 rings (SSSR count). The van der Waals surface area contributed by atoms with Gasteiger partial charge in [-0.3, -0.25) is 9.48 Å². The number of hydrogen-bond acceptors (Lipinski definition) is 6. The molecule has 0 bridgehead atoms. The molecule has 1 amide bonds. The van der Waals surface area contributed by atoms with Crippen molar-refractivity contribution >= 4 is 5.91 Å². The lowest BCUT2D eigenvalue weighted by atomic mass is 10.3. The van der Waals surface area contributed by atoms with Crippen LogP contribution in [0.2, 0.25) is 0 Å². The third kappa shape index (κ3) is 3.89. The molecule has 8 heteroatoms. The summed E-state index contributed by atoms with van der Waals surface area (Å²) in [6, 6.07) is 1.42. The Bertz CT molecular complexity index is 537. The zero-order chi connectivity index (χ0) is 14.4. The maximum Gasteiger partial charge on any atom is 0.248 e. The Morgan fingerprint density at radius 2 is 2.45 bits per heavy atom. The Hall–Kier alpha value is -2.22. The van der Waals surface area contributed by atoms with Crippen LogP contribution < -0.4 is 5.32 Å². The second kappa shape index (κ2) is 6.80. The molecule has 0 aliphatic carbocycles. The van der Waals surface area contributed by atoms with E-state index in [4.69, 9.17) is 9.26 Å². The molecule has 0 spiro atoms. The molecule has 108 valence electrons. The van der Waals surface area contributed by atoms with Crippen molar-refractivity contribution in [2.45, 2.75) is 25.9 Å². The van der Waals surface area contributed by atoms with Gasteiger partial charge in [0.15, 0.2) is 5.82 Å². The van der Waals surface area contributed by atoms with Gasteiger partial charge in [-0.2, -0.15) is 10.1 Å². The third-order valence-corrected chi connectivity index (χ3v) is 2.63. The van der Waals surface area contributed by atoms with Crippen molar-refractivity contribution < 1.29 is 14.1 Å². The number of amides is 1. The summed E-state index contributed by atoms with van der Waals surface area (Å²) in [5, 5.41) is 10.6. The zero-order valence-corrected chi connectivity index (χ0v) is 11.4. The van der Waals surface area contributed by atoms with E-state index in [-0.39, 0.29) is 18.5 Å². The Balaban J connectivity index is 1.85. The van der Waals surface area contributed by atoms with E-state index in [1.165, 1.54) is 0 Å². The molecule has 1 N–H and O–H groups in total. The highest BCUT2D eigenvalue weighted by molar-refractivity contribution is 5.75. The molecule has 0 radical (unpaired) electrons. The molecular weight excluding hydrogens is 262 g/mol. The number of aromatic nitrogens is 4. The number of carbonyl (C=O) groups excluding carboxylic acids is 1. The summed E-state index contributed by atoms with van der Waals surface area (Å²) in [5.74, 6) is 0.776. The van der Waals surface area contributed by atoms with Gasteiger partial charge in [-0.25, -0.2) is 0 Å². The normalized spacial score (nSPS) is 12.3. The molecule has 8 nitrogen and oxygen atoms in total. The molecule has 2 aromatic rings. The fourth-order valence-corrected chi connectivity index (χ4v) is 1.63. The summed E-state index contributed by atoms with van der Waals surface area (Å²) >= 11 is 0. The summed E-state index contributed by atoms with van der Waals surface area (Å²) in [5.41, 5.74) is 0. The lowest BCUT2D eigenvalue weighted by Gasteiger charge is -2.09. The number of nitrogens with zero attached hydrogens (tertiary/aromatic N) is 4. The molecule has 2 heterocycles. The minimum absolute atomic E-state index is 0.155. The first kappa shape index (κ1) is 14.2. The Morgan fingerprint density at radius 3 is 3.15 bits per heavy atom. The van der Waals surface area contributed by atoms with Crippen LogP contribution in [0.15, 0.2) is 23.0 Å². The highest BCUT2D eigenvalue weighted by atomic mass is 16.5. The van der Waals surface area contributed by atoms with Crippen LogP contribution in [0.4, 0.5) is 0 Å². The first-order chi connectivity index (χ1) is 9.69. The first-order valence-corrected chi connectivity index (χ1v) is 6.27. The monoisotopic (exact) mass is 279 g/mol. The number of ether oxygens (including phenoxy) is 1. The smallest absolute Gasteiger partial charge is 0.248 e. The van der Waals surface area contributed by atoms with Gasteiger partial charge in [-0.05, 0) is 13.0 Å². The van der Waals surface area contributed by atoms with Crippen molar-refractivity contribution in [3.8, 4) is 0 Å². The quantitative estimate of drug-likeness (QED) is 0.785. The molecular formula is C12H17N5O3. The van der Waals surface area contributed by atoms with Gasteiger partial charge in [-0.15, -0.1) is 0 Å². The zero-order valence-electron chi connectivity index (χ0n) is 11.4. The van der Waals surface area contributed by atoms with Gasteiger partial charge in [0.25, 0.3) is 0 Å². The number of carbonyl (C=O) groups is 1. The summed E-state index contributed by atoms with van der Waals surface area (Å²) in [6.07, 6.45) is 3.92. The van der Waals surface area contributed by atoms with E-state index in [9.17, 15) is 4.79 Å². The number of hydrogen-bond donors (Lipinski definition) is 1. The van der Waals surface area contributed by atoms with Crippen LogP contribution >= 0.6 is 0 Å². The van der Waals surface area contributed by atoms with Crippen molar-refractivity contribution in [1.82, 2.24) is 25.2 Å². The van der Waals surface area contributed by atoms with E-state index < -0.39 is 0 Å². The minimum Gasteiger partial charge on any atom is -0.384 e. The van der Waals surface area contributed by atoms with Gasteiger partial charge >= 0.3 is 0 Å². The largest absolute Gasteiger partial charge is 0.384 e. The van der Waals surface area contributed by atoms with Crippen LogP contribution in [0, 0.1) is 0 Å². The summed E-state index contributed by atoms with van der Waals surface area (Å²) in [6.45, 7) is 2.47. The summed E-state index contributed by atoms with van der Waals surface area (Å²) in [4.78, 5) is 16.0. The highest BCUT2D eigenvalue weighted by Crippen LogP contribution is 2.09. The van der Waals surface area contributed by atoms with Crippen molar-refractivity contribution in [3.63, 3.8) is 0 Å². The Morgan fingerprint density at radius 1 is 1.60 bits per heavy atom. The Labute approximate surface area is 116 Å². The predicted molar refractivity (Wildman–Crippen MR) is 68.7 cm³/mol. The van der Waals surface area contributed by atoms with Crippen LogP contribution in [0.5, 0.6) is 0 Å². The van der Waals surface area contributed by atoms with E-state index in [0.717, 1.165) is 0 Å². The van der Waals surface area contributed by atoms with Crippen LogP contribution in [-0.2, 0) is 22.5 Å². The second-order valence-corrected chi connectivity index (χ2v) is 4.28. The summed E-state index contributed by atoms with van der Waals surface area (Å²) < 4.78 is 11.6. The maximum atomic E-state index is 11.8. The van der Waals surface area contributed by atoms with Gasteiger partial charge in [-0.1, -0.05) is 5.16 Å². The second-order valence-electron chi connectivity index (χ2n) is 4.28. The minimum atomic E-state index is -0.346. The van der Waals surface area contributed by atoms with E-state index in [1.54, 1.807) is 37.2 Å². The van der Waals surface area contributed by atoms with Crippen molar-refractivity contribution in [1.29, 1.82) is 0 Å². The topological polar surface area (TPSA) is 95.1 Å². The number of rotatable bonds is 7. The van der Waals surface area contributed by atoms with Gasteiger partial charge in [0.05, 0.1) is 6.61 Å². The number of methoxy groups -OCH3 is 1. The molecule has 2 aromatic heterocycles. The molecule has 0 saturated carbocycles. The maximum absolute atomic E-state index is 11.8. The van der Waals surface area contributed by atoms with Crippen LogP contribution in [0.25, 0.3) is 0 Å². The number of nitrogens with one attached hydrogen (secondary N) is 1. The highest BCUT2D eigenvalue weighted by Gasteiger charge is 2.16. The molecule has 0 aliphatic heterocycles. The molecule has 0 aliphatic rings. The van der Waals surface area contributed by atoms with E-state index in [0.29, 0.717) is 24.7 Å². The summed E-state index contributed by atoms with van der Waals surface area (Å²) in [7, 11) is 1.61. The molecule has 0 aromatic carbocycles. The van der Waals surface area contributed by atoms with Crippen LogP contribution in [0.1, 0.15) is 24.7 Å².